The normalized spacial score (nSPS) is 13.8. The lowest BCUT2D eigenvalue weighted by Crippen LogP contribution is -2.44. The zero-order chi connectivity index (χ0) is 12.6. The molecule has 0 fully saturated rings. The van der Waals surface area contributed by atoms with E-state index in [1.54, 1.807) is 0 Å². The molecule has 0 heterocycles. The molecule has 1 atom stereocenters. The van der Waals surface area contributed by atoms with Crippen molar-refractivity contribution in [1.82, 2.24) is 0 Å². The summed E-state index contributed by atoms with van der Waals surface area (Å²) in [6.07, 6.45) is 6.22. The molecule has 1 N–H and O–H groups in total. The van der Waals surface area contributed by atoms with Gasteiger partial charge in [0.2, 0.25) is 0 Å². The molecule has 0 saturated heterocycles. The highest BCUT2D eigenvalue weighted by Crippen LogP contribution is 2.13. The summed E-state index contributed by atoms with van der Waals surface area (Å²) in [6, 6.07) is 0. The Kier molecular flexibility index (Phi) is 7.39. The van der Waals surface area contributed by atoms with Gasteiger partial charge in [-0.05, 0) is 18.8 Å². The third kappa shape index (κ3) is 8.72. The van der Waals surface area contributed by atoms with Crippen molar-refractivity contribution in [2.45, 2.75) is 46.0 Å². The number of hydrogen-bond donors (Lipinski definition) is 1. The van der Waals surface area contributed by atoms with E-state index in [2.05, 4.69) is 13.8 Å². The fourth-order valence-corrected chi connectivity index (χ4v) is 1.86. The summed E-state index contributed by atoms with van der Waals surface area (Å²) in [5, 5.41) is 8.74. The van der Waals surface area contributed by atoms with Gasteiger partial charge < -0.3 is 9.59 Å². The van der Waals surface area contributed by atoms with E-state index in [0.717, 1.165) is 18.9 Å². The molecule has 3 heteroatoms. The molecule has 3 nitrogen and oxygen atoms in total. The van der Waals surface area contributed by atoms with Gasteiger partial charge in [0.05, 0.1) is 20.6 Å². The monoisotopic (exact) mass is 230 g/mol. The molecular formula is C13H28NO2+. The second kappa shape index (κ2) is 7.66. The quantitative estimate of drug-likeness (QED) is 0.488. The van der Waals surface area contributed by atoms with Crippen molar-refractivity contribution >= 4 is 5.97 Å². The first-order chi connectivity index (χ1) is 7.37. The van der Waals surface area contributed by atoms with Crippen molar-refractivity contribution < 1.29 is 14.4 Å². The number of carbonyl (C=O) groups is 1. The summed E-state index contributed by atoms with van der Waals surface area (Å²) >= 11 is 0. The van der Waals surface area contributed by atoms with Crippen LogP contribution in [0.25, 0.3) is 0 Å². The predicted molar refractivity (Wildman–Crippen MR) is 67.4 cm³/mol. The Hall–Kier alpha value is -0.570. The number of aliphatic carboxylic acids is 1. The lowest BCUT2D eigenvalue weighted by atomic mass is 10.0. The van der Waals surface area contributed by atoms with Gasteiger partial charge in [-0.2, -0.15) is 0 Å². The number of carboxylic acids is 1. The Morgan fingerprint density at radius 3 is 2.38 bits per heavy atom. The first-order valence-corrected chi connectivity index (χ1v) is 6.41. The van der Waals surface area contributed by atoms with E-state index in [1.165, 1.54) is 25.7 Å². The average molecular weight is 230 g/mol. The van der Waals surface area contributed by atoms with E-state index in [0.29, 0.717) is 4.48 Å². The van der Waals surface area contributed by atoms with Crippen LogP contribution < -0.4 is 0 Å². The topological polar surface area (TPSA) is 37.3 Å². The van der Waals surface area contributed by atoms with Crippen molar-refractivity contribution in [3.63, 3.8) is 0 Å². The standard InChI is InChI=1S/C13H27NO2/c1-5-12(2)9-7-6-8-10-14(3,4)11-13(15)16/h12H,5-11H2,1-4H3/p+1. The highest BCUT2D eigenvalue weighted by Gasteiger charge is 2.18. The minimum Gasteiger partial charge on any atom is -0.477 e. The maximum atomic E-state index is 10.6. The SMILES string of the molecule is CCC(C)CCCCC[N+](C)(C)CC(=O)O. The predicted octanol–water partition coefficient (Wildman–Crippen LogP) is 2.75. The van der Waals surface area contributed by atoms with Crippen LogP contribution in [-0.4, -0.2) is 42.7 Å². The highest BCUT2D eigenvalue weighted by molar-refractivity contribution is 5.67. The molecule has 16 heavy (non-hydrogen) atoms. The lowest BCUT2D eigenvalue weighted by Gasteiger charge is -2.27. The van der Waals surface area contributed by atoms with Crippen molar-refractivity contribution in [2.75, 3.05) is 27.2 Å². The molecular weight excluding hydrogens is 202 g/mol. The van der Waals surface area contributed by atoms with Gasteiger partial charge in [0.1, 0.15) is 0 Å². The number of hydrogen-bond acceptors (Lipinski definition) is 1. The molecule has 0 aliphatic heterocycles. The Balaban J connectivity index is 3.54. The van der Waals surface area contributed by atoms with Crippen LogP contribution in [0.15, 0.2) is 0 Å². The van der Waals surface area contributed by atoms with Gasteiger partial charge in [-0.3, -0.25) is 0 Å². The van der Waals surface area contributed by atoms with Crippen LogP contribution in [0.1, 0.15) is 46.0 Å². The molecule has 0 saturated carbocycles. The van der Waals surface area contributed by atoms with Gasteiger partial charge in [-0.15, -0.1) is 0 Å². The molecule has 96 valence electrons. The second-order valence-electron chi connectivity index (χ2n) is 5.57. The third-order valence-corrected chi connectivity index (χ3v) is 3.22. The van der Waals surface area contributed by atoms with E-state index in [4.69, 9.17) is 5.11 Å². The molecule has 0 aromatic rings. The van der Waals surface area contributed by atoms with Crippen LogP contribution in [-0.2, 0) is 4.79 Å². The van der Waals surface area contributed by atoms with Gasteiger partial charge in [-0.25, -0.2) is 4.79 Å². The zero-order valence-corrected chi connectivity index (χ0v) is 11.3. The van der Waals surface area contributed by atoms with E-state index in [9.17, 15) is 4.79 Å². The number of quaternary nitrogens is 1. The molecule has 0 aliphatic carbocycles. The summed E-state index contributed by atoms with van der Waals surface area (Å²) in [5.74, 6) is 0.131. The van der Waals surface area contributed by atoms with E-state index in [-0.39, 0.29) is 6.54 Å². The van der Waals surface area contributed by atoms with E-state index >= 15 is 0 Å². The zero-order valence-electron chi connectivity index (χ0n) is 11.3. The molecule has 0 amide bonds. The highest BCUT2D eigenvalue weighted by atomic mass is 16.4. The summed E-state index contributed by atoms with van der Waals surface area (Å²) in [5.41, 5.74) is 0. The van der Waals surface area contributed by atoms with Gasteiger partial charge in [-0.1, -0.05) is 33.1 Å². The number of nitrogens with zero attached hydrogens (tertiary/aromatic N) is 1. The minimum atomic E-state index is -0.704. The van der Waals surface area contributed by atoms with Crippen LogP contribution in [0.3, 0.4) is 0 Å². The van der Waals surface area contributed by atoms with Crippen molar-refractivity contribution in [1.29, 1.82) is 0 Å². The fourth-order valence-electron chi connectivity index (χ4n) is 1.86. The van der Waals surface area contributed by atoms with Gasteiger partial charge >= 0.3 is 5.97 Å². The number of carboxylic acid groups (broad SMARTS) is 1. The van der Waals surface area contributed by atoms with Crippen molar-refractivity contribution in [3.8, 4) is 0 Å². The molecule has 0 bridgehead atoms. The van der Waals surface area contributed by atoms with Crippen LogP contribution in [0.2, 0.25) is 0 Å². The molecule has 0 rings (SSSR count). The molecule has 0 aromatic carbocycles. The summed E-state index contributed by atoms with van der Waals surface area (Å²) in [4.78, 5) is 10.6. The van der Waals surface area contributed by atoms with Gasteiger partial charge in [0, 0.05) is 0 Å². The second-order valence-corrected chi connectivity index (χ2v) is 5.57. The maximum absolute atomic E-state index is 10.6. The summed E-state index contributed by atoms with van der Waals surface area (Å²) in [7, 11) is 3.98. The third-order valence-electron chi connectivity index (χ3n) is 3.22. The Bertz CT molecular complexity index is 202. The molecule has 0 spiro atoms. The fraction of sp³-hybridized carbons (Fsp3) is 0.923. The van der Waals surface area contributed by atoms with Crippen molar-refractivity contribution in [3.05, 3.63) is 0 Å². The summed E-state index contributed by atoms with van der Waals surface area (Å²) in [6.45, 7) is 5.72. The van der Waals surface area contributed by atoms with Crippen LogP contribution in [0, 0.1) is 5.92 Å². The number of rotatable bonds is 9. The molecule has 0 aliphatic rings. The van der Waals surface area contributed by atoms with Crippen LogP contribution in [0.4, 0.5) is 0 Å². The first-order valence-electron chi connectivity index (χ1n) is 6.41. The Morgan fingerprint density at radius 1 is 1.25 bits per heavy atom. The van der Waals surface area contributed by atoms with E-state index < -0.39 is 5.97 Å². The maximum Gasteiger partial charge on any atom is 0.359 e. The van der Waals surface area contributed by atoms with Crippen LogP contribution >= 0.6 is 0 Å². The minimum absolute atomic E-state index is 0.228. The van der Waals surface area contributed by atoms with Gasteiger partial charge in [0.25, 0.3) is 0 Å². The smallest absolute Gasteiger partial charge is 0.359 e. The van der Waals surface area contributed by atoms with Crippen LogP contribution in [0.5, 0.6) is 0 Å². The average Bonchev–Trinajstić information content (AvgIpc) is 2.14. The number of likely N-dealkylation sites (N-methyl/N-ethyl adjacent to an activating group) is 1. The first kappa shape index (κ1) is 15.4. The molecule has 0 radical (unpaired) electrons. The Morgan fingerprint density at radius 2 is 1.88 bits per heavy atom. The van der Waals surface area contributed by atoms with Crippen molar-refractivity contribution in [2.24, 2.45) is 5.92 Å². The molecule has 0 aromatic heterocycles. The lowest BCUT2D eigenvalue weighted by molar-refractivity contribution is -0.883. The largest absolute Gasteiger partial charge is 0.477 e. The summed E-state index contributed by atoms with van der Waals surface area (Å²) < 4.78 is 0.596. The molecule has 1 unspecified atom stereocenters. The number of unbranched alkanes of at least 4 members (excludes halogenated alkanes) is 2. The van der Waals surface area contributed by atoms with Gasteiger partial charge in [0.15, 0.2) is 6.54 Å². The Labute approximate surface area is 100 Å². The van der Waals surface area contributed by atoms with E-state index in [1.807, 2.05) is 14.1 Å².